The summed E-state index contributed by atoms with van der Waals surface area (Å²) in [4.78, 5) is 11.8. The van der Waals surface area contributed by atoms with Crippen LogP contribution in [-0.4, -0.2) is 46.3 Å². The number of rotatable bonds is 6. The predicted molar refractivity (Wildman–Crippen MR) is 77.3 cm³/mol. The van der Waals surface area contributed by atoms with Crippen molar-refractivity contribution in [1.82, 2.24) is 30.8 Å². The zero-order valence-corrected chi connectivity index (χ0v) is 11.9. The molecule has 20 heavy (non-hydrogen) atoms. The Hall–Kier alpha value is -1.99. The number of benzene rings is 1. The molecule has 0 bridgehead atoms. The second-order valence-electron chi connectivity index (χ2n) is 4.01. The van der Waals surface area contributed by atoms with E-state index in [9.17, 15) is 4.79 Å². The van der Waals surface area contributed by atoms with Crippen LogP contribution in [0, 0.1) is 0 Å². The molecular weight excluding hydrogens is 280 g/mol. The Morgan fingerprint density at radius 1 is 1.25 bits per heavy atom. The lowest BCUT2D eigenvalue weighted by molar-refractivity contribution is 0.0953. The minimum atomic E-state index is -0.0700. The Kier molecular flexibility index (Phi) is 6.61. The molecule has 1 aromatic carbocycles. The van der Waals surface area contributed by atoms with Gasteiger partial charge in [0.15, 0.2) is 0 Å². The van der Waals surface area contributed by atoms with E-state index in [4.69, 9.17) is 0 Å². The molecule has 0 saturated carbocycles. The number of aromatic nitrogens is 4. The van der Waals surface area contributed by atoms with E-state index < -0.39 is 0 Å². The maximum absolute atomic E-state index is 11.8. The first-order chi connectivity index (χ1) is 9.31. The summed E-state index contributed by atoms with van der Waals surface area (Å²) in [6, 6.07) is 7.12. The molecule has 0 spiro atoms. The third-order valence-corrected chi connectivity index (χ3v) is 2.63. The molecule has 1 aromatic heterocycles. The van der Waals surface area contributed by atoms with Gasteiger partial charge in [-0.15, -0.1) is 17.5 Å². The second-order valence-corrected chi connectivity index (χ2v) is 4.01. The summed E-state index contributed by atoms with van der Waals surface area (Å²) >= 11 is 0. The average Bonchev–Trinajstić information content (AvgIpc) is 2.98. The molecule has 0 unspecified atom stereocenters. The van der Waals surface area contributed by atoms with Crippen molar-refractivity contribution in [1.29, 1.82) is 0 Å². The number of hydrogen-bond donors (Lipinski definition) is 2. The first-order valence-corrected chi connectivity index (χ1v) is 6.07. The molecule has 7 nitrogen and oxygen atoms in total. The lowest BCUT2D eigenvalue weighted by Crippen LogP contribution is -2.26. The molecule has 2 rings (SSSR count). The van der Waals surface area contributed by atoms with Gasteiger partial charge in [0.2, 0.25) is 0 Å². The summed E-state index contributed by atoms with van der Waals surface area (Å²) in [5.41, 5.74) is 1.44. The number of halogens is 1. The molecule has 0 aliphatic heterocycles. The minimum Gasteiger partial charge on any atom is -0.352 e. The summed E-state index contributed by atoms with van der Waals surface area (Å²) in [5.74, 6) is -0.0700. The standard InChI is InChI=1S/C12H16N6O.ClH/c1-13-7-2-8-14-12(19)10-3-5-11(6-4-10)18-9-15-16-17-18;/h3-6,9,13H,2,7-8H2,1H3,(H,14,19);1H. The quantitative estimate of drug-likeness (QED) is 0.755. The van der Waals surface area contributed by atoms with Crippen molar-refractivity contribution in [2.45, 2.75) is 6.42 Å². The van der Waals surface area contributed by atoms with E-state index in [1.54, 1.807) is 24.3 Å². The van der Waals surface area contributed by atoms with Crippen LogP contribution in [0.25, 0.3) is 5.69 Å². The Morgan fingerprint density at radius 2 is 2.00 bits per heavy atom. The van der Waals surface area contributed by atoms with Gasteiger partial charge in [-0.25, -0.2) is 4.68 Å². The fraction of sp³-hybridized carbons (Fsp3) is 0.333. The number of carbonyl (C=O) groups excluding carboxylic acids is 1. The highest BCUT2D eigenvalue weighted by atomic mass is 35.5. The fourth-order valence-electron chi connectivity index (χ4n) is 1.61. The van der Waals surface area contributed by atoms with Crippen LogP contribution < -0.4 is 10.6 Å². The maximum atomic E-state index is 11.8. The SMILES string of the molecule is CNCCCNC(=O)c1ccc(-n2cnnn2)cc1.Cl. The van der Waals surface area contributed by atoms with Gasteiger partial charge >= 0.3 is 0 Å². The van der Waals surface area contributed by atoms with E-state index in [0.717, 1.165) is 18.7 Å². The van der Waals surface area contributed by atoms with Crippen molar-refractivity contribution in [3.63, 3.8) is 0 Å². The Labute approximate surface area is 123 Å². The van der Waals surface area contributed by atoms with Crippen LogP contribution in [0.2, 0.25) is 0 Å². The molecule has 0 atom stereocenters. The Balaban J connectivity index is 0.00000200. The van der Waals surface area contributed by atoms with Crippen molar-refractivity contribution < 1.29 is 4.79 Å². The normalized spacial score (nSPS) is 9.85. The summed E-state index contributed by atoms with van der Waals surface area (Å²) in [5, 5.41) is 16.8. The van der Waals surface area contributed by atoms with Crippen LogP contribution in [0.1, 0.15) is 16.8 Å². The number of hydrogen-bond acceptors (Lipinski definition) is 5. The van der Waals surface area contributed by atoms with Gasteiger partial charge < -0.3 is 10.6 Å². The van der Waals surface area contributed by atoms with E-state index in [1.165, 1.54) is 11.0 Å². The number of nitrogens with zero attached hydrogens (tertiary/aromatic N) is 4. The lowest BCUT2D eigenvalue weighted by Gasteiger charge is -2.05. The van der Waals surface area contributed by atoms with Crippen LogP contribution >= 0.6 is 12.4 Å². The number of nitrogens with one attached hydrogen (secondary N) is 2. The highest BCUT2D eigenvalue weighted by Crippen LogP contribution is 2.07. The smallest absolute Gasteiger partial charge is 0.251 e. The molecule has 0 saturated heterocycles. The van der Waals surface area contributed by atoms with Gasteiger partial charge in [0.1, 0.15) is 6.33 Å². The molecule has 1 heterocycles. The predicted octanol–water partition coefficient (Wildman–Crippen LogP) is 0.423. The minimum absolute atomic E-state index is 0. The van der Waals surface area contributed by atoms with E-state index >= 15 is 0 Å². The topological polar surface area (TPSA) is 84.7 Å². The van der Waals surface area contributed by atoms with E-state index in [2.05, 4.69) is 26.2 Å². The molecule has 1 amide bonds. The van der Waals surface area contributed by atoms with Gasteiger partial charge in [-0.05, 0) is 54.7 Å². The molecule has 0 aliphatic rings. The van der Waals surface area contributed by atoms with Gasteiger partial charge in [0, 0.05) is 12.1 Å². The number of amides is 1. The first kappa shape index (κ1) is 16.1. The average molecular weight is 297 g/mol. The fourth-order valence-corrected chi connectivity index (χ4v) is 1.61. The molecule has 0 radical (unpaired) electrons. The van der Waals surface area contributed by atoms with Crippen LogP contribution in [0.5, 0.6) is 0 Å². The molecule has 0 fully saturated rings. The van der Waals surface area contributed by atoms with E-state index in [0.29, 0.717) is 12.1 Å². The van der Waals surface area contributed by atoms with Crippen molar-refractivity contribution >= 4 is 18.3 Å². The zero-order chi connectivity index (χ0) is 13.5. The van der Waals surface area contributed by atoms with Crippen molar-refractivity contribution in [3.8, 4) is 5.69 Å². The zero-order valence-electron chi connectivity index (χ0n) is 11.1. The molecule has 108 valence electrons. The summed E-state index contributed by atoms with van der Waals surface area (Å²) in [7, 11) is 1.89. The lowest BCUT2D eigenvalue weighted by atomic mass is 10.2. The van der Waals surface area contributed by atoms with E-state index in [1.807, 2.05) is 7.05 Å². The van der Waals surface area contributed by atoms with Crippen LogP contribution in [0.15, 0.2) is 30.6 Å². The second kappa shape index (κ2) is 8.23. The summed E-state index contributed by atoms with van der Waals surface area (Å²) in [6.07, 6.45) is 2.41. The summed E-state index contributed by atoms with van der Waals surface area (Å²) in [6.45, 7) is 1.55. The monoisotopic (exact) mass is 296 g/mol. The molecule has 8 heteroatoms. The molecule has 2 N–H and O–H groups in total. The van der Waals surface area contributed by atoms with Gasteiger partial charge in [0.05, 0.1) is 5.69 Å². The van der Waals surface area contributed by atoms with Crippen molar-refractivity contribution in [2.75, 3.05) is 20.1 Å². The van der Waals surface area contributed by atoms with Gasteiger partial charge in [-0.2, -0.15) is 0 Å². The molecule has 2 aromatic rings. The highest BCUT2D eigenvalue weighted by Gasteiger charge is 2.05. The van der Waals surface area contributed by atoms with Crippen molar-refractivity contribution in [3.05, 3.63) is 36.2 Å². The Morgan fingerprint density at radius 3 is 2.60 bits per heavy atom. The van der Waals surface area contributed by atoms with Gasteiger partial charge in [0.25, 0.3) is 5.91 Å². The largest absolute Gasteiger partial charge is 0.352 e. The number of tetrazole rings is 1. The third kappa shape index (κ3) is 4.29. The third-order valence-electron chi connectivity index (χ3n) is 2.63. The van der Waals surface area contributed by atoms with Crippen molar-refractivity contribution in [2.24, 2.45) is 0 Å². The van der Waals surface area contributed by atoms with E-state index in [-0.39, 0.29) is 18.3 Å². The summed E-state index contributed by atoms with van der Waals surface area (Å²) < 4.78 is 1.54. The maximum Gasteiger partial charge on any atom is 0.251 e. The first-order valence-electron chi connectivity index (χ1n) is 6.07. The van der Waals surface area contributed by atoms with Crippen LogP contribution in [0.3, 0.4) is 0 Å². The van der Waals surface area contributed by atoms with Gasteiger partial charge in [-0.3, -0.25) is 4.79 Å². The highest BCUT2D eigenvalue weighted by molar-refractivity contribution is 5.94. The van der Waals surface area contributed by atoms with Gasteiger partial charge in [-0.1, -0.05) is 0 Å². The Bertz CT molecular complexity index is 513. The number of carbonyl (C=O) groups is 1. The van der Waals surface area contributed by atoms with Crippen LogP contribution in [-0.2, 0) is 0 Å². The molecular formula is C12H17ClN6O. The van der Waals surface area contributed by atoms with Crippen LogP contribution in [0.4, 0.5) is 0 Å². The molecule has 0 aliphatic carbocycles.